The van der Waals surface area contributed by atoms with Gasteiger partial charge < -0.3 is 10.4 Å². The first-order valence-corrected chi connectivity index (χ1v) is 5.82. The Labute approximate surface area is 94.1 Å². The first-order chi connectivity index (χ1) is 6.84. The highest BCUT2D eigenvalue weighted by Crippen LogP contribution is 2.16. The van der Waals surface area contributed by atoms with Crippen molar-refractivity contribution >= 4 is 17.2 Å². The Balaban J connectivity index is 2.77. The summed E-state index contributed by atoms with van der Waals surface area (Å²) in [5.41, 5.74) is 1.05. The van der Waals surface area contributed by atoms with Gasteiger partial charge in [-0.2, -0.15) is 11.3 Å². The van der Waals surface area contributed by atoms with Crippen LogP contribution >= 0.6 is 11.3 Å². The van der Waals surface area contributed by atoms with Crippen LogP contribution in [0.2, 0.25) is 0 Å². The number of nitrogens with one attached hydrogen (secondary N) is 1. The highest BCUT2D eigenvalue weighted by molar-refractivity contribution is 7.08. The van der Waals surface area contributed by atoms with Crippen LogP contribution in [0.3, 0.4) is 0 Å². The molecule has 0 aliphatic carbocycles. The molecule has 1 aromatic rings. The lowest BCUT2D eigenvalue weighted by Crippen LogP contribution is -2.51. The van der Waals surface area contributed by atoms with Crippen molar-refractivity contribution < 1.29 is 9.90 Å². The highest BCUT2D eigenvalue weighted by Gasteiger charge is 2.27. The van der Waals surface area contributed by atoms with Gasteiger partial charge in [0.2, 0.25) is 0 Å². The number of rotatable bonds is 3. The van der Waals surface area contributed by atoms with Crippen molar-refractivity contribution in [2.75, 3.05) is 0 Å². The van der Waals surface area contributed by atoms with Gasteiger partial charge in [-0.1, -0.05) is 0 Å². The first-order valence-electron chi connectivity index (χ1n) is 4.88. The van der Waals surface area contributed by atoms with Crippen LogP contribution in [0.4, 0.5) is 0 Å². The Morgan fingerprint density at radius 1 is 1.53 bits per heavy atom. The molecule has 0 radical (unpaired) electrons. The van der Waals surface area contributed by atoms with Gasteiger partial charge >= 0.3 is 0 Å². The number of hydrogen-bond acceptors (Lipinski definition) is 3. The van der Waals surface area contributed by atoms with Crippen molar-refractivity contribution in [1.82, 2.24) is 5.32 Å². The number of hydrogen-bond donors (Lipinski definition) is 2. The molecule has 3 nitrogen and oxygen atoms in total. The zero-order chi connectivity index (χ0) is 11.6. The van der Waals surface area contributed by atoms with Gasteiger partial charge in [0, 0.05) is 5.38 Å². The van der Waals surface area contributed by atoms with Gasteiger partial charge in [0.05, 0.1) is 17.2 Å². The second-order valence-electron chi connectivity index (χ2n) is 4.32. The number of aliphatic hydroxyl groups is 1. The van der Waals surface area contributed by atoms with Gasteiger partial charge in [-0.15, -0.1) is 0 Å². The Hall–Kier alpha value is -0.870. The zero-order valence-electron chi connectivity index (χ0n) is 9.50. The first kappa shape index (κ1) is 12.2. The minimum absolute atomic E-state index is 0.125. The molecule has 1 aromatic heterocycles. The fraction of sp³-hybridized carbons (Fsp3) is 0.545. The summed E-state index contributed by atoms with van der Waals surface area (Å²) in [5.74, 6) is -0.125. The van der Waals surface area contributed by atoms with Gasteiger partial charge in [-0.3, -0.25) is 4.79 Å². The topological polar surface area (TPSA) is 49.3 Å². The van der Waals surface area contributed by atoms with Crippen molar-refractivity contribution in [2.45, 2.75) is 39.3 Å². The highest BCUT2D eigenvalue weighted by atomic mass is 32.1. The number of amides is 1. The predicted molar refractivity (Wildman–Crippen MR) is 62.3 cm³/mol. The summed E-state index contributed by atoms with van der Waals surface area (Å²) < 4.78 is 0. The predicted octanol–water partition coefficient (Wildman–Crippen LogP) is 1.95. The largest absolute Gasteiger partial charge is 0.391 e. The number of aryl methyl sites for hydroxylation is 1. The van der Waals surface area contributed by atoms with Gasteiger partial charge in [-0.25, -0.2) is 0 Å². The molecule has 0 fully saturated rings. The molecular formula is C11H17NO2S. The lowest BCUT2D eigenvalue weighted by Gasteiger charge is -2.29. The lowest BCUT2D eigenvalue weighted by molar-refractivity contribution is 0.0709. The Morgan fingerprint density at radius 3 is 2.53 bits per heavy atom. The molecule has 1 unspecified atom stereocenters. The average molecular weight is 227 g/mol. The molecular weight excluding hydrogens is 210 g/mol. The maximum absolute atomic E-state index is 11.8. The monoisotopic (exact) mass is 227 g/mol. The van der Waals surface area contributed by atoms with E-state index in [2.05, 4.69) is 5.32 Å². The van der Waals surface area contributed by atoms with E-state index in [0.717, 1.165) is 5.56 Å². The van der Waals surface area contributed by atoms with Crippen molar-refractivity contribution in [1.29, 1.82) is 0 Å². The Kier molecular flexibility index (Phi) is 3.52. The normalized spacial score (nSPS) is 13.7. The van der Waals surface area contributed by atoms with E-state index in [1.54, 1.807) is 20.8 Å². The molecule has 84 valence electrons. The van der Waals surface area contributed by atoms with Gasteiger partial charge in [0.1, 0.15) is 0 Å². The van der Waals surface area contributed by atoms with E-state index >= 15 is 0 Å². The molecule has 4 heteroatoms. The maximum Gasteiger partial charge on any atom is 0.252 e. The van der Waals surface area contributed by atoms with Crippen LogP contribution in [0.25, 0.3) is 0 Å². The van der Waals surface area contributed by atoms with Gasteiger partial charge in [0.25, 0.3) is 5.91 Å². The minimum Gasteiger partial charge on any atom is -0.391 e. The Morgan fingerprint density at radius 2 is 2.13 bits per heavy atom. The number of thiophene rings is 1. The van der Waals surface area contributed by atoms with Gasteiger partial charge in [0.15, 0.2) is 0 Å². The summed E-state index contributed by atoms with van der Waals surface area (Å²) in [7, 11) is 0. The standard InChI is InChI=1S/C11H17NO2S/c1-7-5-15-6-9(7)10(14)12-11(3,4)8(2)13/h5-6,8,13H,1-4H3,(H,12,14). The zero-order valence-corrected chi connectivity index (χ0v) is 10.3. The van der Waals surface area contributed by atoms with Crippen molar-refractivity contribution in [3.8, 4) is 0 Å². The van der Waals surface area contributed by atoms with E-state index in [4.69, 9.17) is 0 Å². The van der Waals surface area contributed by atoms with Crippen LogP contribution in [-0.4, -0.2) is 22.7 Å². The quantitative estimate of drug-likeness (QED) is 0.829. The summed E-state index contributed by atoms with van der Waals surface area (Å²) >= 11 is 1.51. The number of aliphatic hydroxyl groups excluding tert-OH is 1. The second-order valence-corrected chi connectivity index (χ2v) is 5.06. The third-order valence-corrected chi connectivity index (χ3v) is 3.44. The van der Waals surface area contributed by atoms with E-state index in [9.17, 15) is 9.90 Å². The van der Waals surface area contributed by atoms with Crippen molar-refractivity contribution in [3.63, 3.8) is 0 Å². The molecule has 15 heavy (non-hydrogen) atoms. The van der Waals surface area contributed by atoms with Crippen LogP contribution < -0.4 is 5.32 Å². The fourth-order valence-corrected chi connectivity index (χ4v) is 1.89. The van der Waals surface area contributed by atoms with E-state index in [1.807, 2.05) is 17.7 Å². The average Bonchev–Trinajstić information content (AvgIpc) is 2.50. The fourth-order valence-electron chi connectivity index (χ4n) is 1.06. The molecule has 2 N–H and O–H groups in total. The smallest absolute Gasteiger partial charge is 0.252 e. The molecule has 0 aliphatic rings. The summed E-state index contributed by atoms with van der Waals surface area (Å²) in [4.78, 5) is 11.8. The third kappa shape index (κ3) is 2.79. The summed E-state index contributed by atoms with van der Waals surface area (Å²) in [6.45, 7) is 7.18. The van der Waals surface area contributed by atoms with E-state index < -0.39 is 11.6 Å². The molecule has 0 aromatic carbocycles. The molecule has 0 saturated heterocycles. The number of carbonyl (C=O) groups excluding carboxylic acids is 1. The Bertz CT molecular complexity index is 355. The lowest BCUT2D eigenvalue weighted by atomic mass is 9.98. The second kappa shape index (κ2) is 4.33. The third-order valence-electron chi connectivity index (χ3n) is 2.58. The summed E-state index contributed by atoms with van der Waals surface area (Å²) in [5, 5.41) is 16.1. The van der Waals surface area contributed by atoms with Crippen LogP contribution in [0, 0.1) is 6.92 Å². The molecule has 1 rings (SSSR count). The minimum atomic E-state index is -0.606. The van der Waals surface area contributed by atoms with E-state index in [0.29, 0.717) is 5.56 Å². The molecule has 1 atom stereocenters. The van der Waals surface area contributed by atoms with E-state index in [-0.39, 0.29) is 5.91 Å². The van der Waals surface area contributed by atoms with Crippen LogP contribution in [0.15, 0.2) is 10.8 Å². The molecule has 0 spiro atoms. The molecule has 1 heterocycles. The molecule has 1 amide bonds. The summed E-state index contributed by atoms with van der Waals surface area (Å²) in [6.07, 6.45) is -0.583. The maximum atomic E-state index is 11.8. The van der Waals surface area contributed by atoms with Crippen LogP contribution in [-0.2, 0) is 0 Å². The van der Waals surface area contributed by atoms with Crippen LogP contribution in [0.1, 0.15) is 36.7 Å². The molecule has 0 aliphatic heterocycles. The van der Waals surface area contributed by atoms with Crippen molar-refractivity contribution in [3.05, 3.63) is 21.9 Å². The molecule has 0 saturated carbocycles. The number of carbonyl (C=O) groups is 1. The summed E-state index contributed by atoms with van der Waals surface area (Å²) in [6, 6.07) is 0. The SMILES string of the molecule is Cc1cscc1C(=O)NC(C)(C)C(C)O. The van der Waals surface area contributed by atoms with E-state index in [1.165, 1.54) is 11.3 Å². The molecule has 0 bridgehead atoms. The van der Waals surface area contributed by atoms with Crippen LogP contribution in [0.5, 0.6) is 0 Å². The van der Waals surface area contributed by atoms with Gasteiger partial charge in [-0.05, 0) is 38.6 Å². The van der Waals surface area contributed by atoms with Crippen molar-refractivity contribution in [2.24, 2.45) is 0 Å².